The fraction of sp³-hybridized carbons (Fsp3) is 0.0588. The first-order valence-electron chi connectivity index (χ1n) is 7.08. The summed E-state index contributed by atoms with van der Waals surface area (Å²) in [6.45, 7) is 0. The lowest BCUT2D eigenvalue weighted by molar-refractivity contribution is 1.10. The summed E-state index contributed by atoms with van der Waals surface area (Å²) in [6, 6.07) is 13.3. The first-order chi connectivity index (χ1) is 11.2. The van der Waals surface area contributed by atoms with Crippen LogP contribution in [0, 0.1) is 0 Å². The van der Waals surface area contributed by atoms with Crippen molar-refractivity contribution in [3.63, 3.8) is 0 Å². The number of pyridine rings is 1. The highest BCUT2D eigenvalue weighted by molar-refractivity contribution is 6.33. The number of imidazole rings is 1. The van der Waals surface area contributed by atoms with E-state index in [-0.39, 0.29) is 0 Å². The molecule has 2 aromatic carbocycles. The summed E-state index contributed by atoms with van der Waals surface area (Å²) in [5.41, 5.74) is 3.42. The Labute approximate surface area is 142 Å². The summed E-state index contributed by atoms with van der Waals surface area (Å²) >= 11 is 12.6. The lowest BCUT2D eigenvalue weighted by Crippen LogP contribution is -1.98. The van der Waals surface area contributed by atoms with Gasteiger partial charge in [0.2, 0.25) is 0 Å². The second kappa shape index (κ2) is 5.41. The number of aromatic nitrogens is 3. The Morgan fingerprint density at radius 3 is 2.70 bits per heavy atom. The zero-order valence-corrected chi connectivity index (χ0v) is 13.7. The van der Waals surface area contributed by atoms with Crippen molar-refractivity contribution in [2.75, 3.05) is 12.4 Å². The van der Waals surface area contributed by atoms with Crippen molar-refractivity contribution < 1.29 is 0 Å². The third-order valence-electron chi connectivity index (χ3n) is 3.79. The van der Waals surface area contributed by atoms with E-state index < -0.39 is 0 Å². The molecular formula is C17H12Cl2N4. The van der Waals surface area contributed by atoms with Gasteiger partial charge >= 0.3 is 0 Å². The fourth-order valence-corrected chi connectivity index (χ4v) is 3.15. The Bertz CT molecular complexity index is 1040. The third-order valence-corrected chi connectivity index (χ3v) is 4.34. The van der Waals surface area contributed by atoms with Crippen LogP contribution in [0.5, 0.6) is 0 Å². The predicted molar refractivity (Wildman–Crippen MR) is 95.9 cm³/mol. The van der Waals surface area contributed by atoms with Crippen molar-refractivity contribution in [3.05, 3.63) is 58.8 Å². The van der Waals surface area contributed by atoms with Crippen LogP contribution in [0.2, 0.25) is 10.0 Å². The van der Waals surface area contributed by atoms with Gasteiger partial charge < -0.3 is 5.32 Å². The molecule has 0 aliphatic rings. The minimum Gasteiger partial charge on any atom is -0.371 e. The van der Waals surface area contributed by atoms with E-state index in [4.69, 9.17) is 23.2 Å². The van der Waals surface area contributed by atoms with E-state index in [0.717, 1.165) is 33.4 Å². The second-order valence-electron chi connectivity index (χ2n) is 5.14. The standard InChI is InChI=1S/C17H12Cl2N4/c1-20-17-15-16(11-8-10(18)6-7-13(11)22-17)23(9-21-15)14-5-3-2-4-12(14)19/h2-9H,1H3,(H,20,22). The van der Waals surface area contributed by atoms with E-state index in [0.29, 0.717) is 10.0 Å². The van der Waals surface area contributed by atoms with Crippen LogP contribution in [0.1, 0.15) is 0 Å². The van der Waals surface area contributed by atoms with E-state index in [9.17, 15) is 0 Å². The molecule has 0 aliphatic heterocycles. The lowest BCUT2D eigenvalue weighted by Gasteiger charge is -2.10. The minimum absolute atomic E-state index is 0.657. The van der Waals surface area contributed by atoms with Gasteiger partial charge in [-0.25, -0.2) is 9.97 Å². The number of nitrogens with one attached hydrogen (secondary N) is 1. The first kappa shape index (κ1) is 14.3. The molecule has 0 amide bonds. The number of fused-ring (bicyclic) bond motifs is 3. The normalized spacial score (nSPS) is 11.3. The van der Waals surface area contributed by atoms with Gasteiger partial charge in [-0.3, -0.25) is 4.57 Å². The second-order valence-corrected chi connectivity index (χ2v) is 5.98. The predicted octanol–water partition coefficient (Wildman–Crippen LogP) is 4.92. The van der Waals surface area contributed by atoms with Crippen molar-refractivity contribution in [2.24, 2.45) is 0 Å². The van der Waals surface area contributed by atoms with E-state index in [1.165, 1.54) is 0 Å². The van der Waals surface area contributed by atoms with Crippen molar-refractivity contribution >= 4 is 51.0 Å². The van der Waals surface area contributed by atoms with Crippen LogP contribution in [0.15, 0.2) is 48.8 Å². The Kier molecular flexibility index (Phi) is 3.36. The molecule has 0 aliphatic carbocycles. The highest BCUT2D eigenvalue weighted by atomic mass is 35.5. The highest BCUT2D eigenvalue weighted by Gasteiger charge is 2.15. The molecule has 2 heterocycles. The number of hydrogen-bond donors (Lipinski definition) is 1. The van der Waals surface area contributed by atoms with Crippen LogP contribution >= 0.6 is 23.2 Å². The summed E-state index contributed by atoms with van der Waals surface area (Å²) in [5.74, 6) is 0.723. The lowest BCUT2D eigenvalue weighted by atomic mass is 10.1. The van der Waals surface area contributed by atoms with Gasteiger partial charge in [-0.1, -0.05) is 35.3 Å². The van der Waals surface area contributed by atoms with Gasteiger partial charge in [-0.2, -0.15) is 0 Å². The van der Waals surface area contributed by atoms with Crippen LogP contribution in [-0.4, -0.2) is 21.6 Å². The number of nitrogens with zero attached hydrogens (tertiary/aromatic N) is 3. The molecule has 4 aromatic rings. The van der Waals surface area contributed by atoms with Crippen LogP contribution in [-0.2, 0) is 0 Å². The van der Waals surface area contributed by atoms with E-state index >= 15 is 0 Å². The number of hydrogen-bond acceptors (Lipinski definition) is 3. The minimum atomic E-state index is 0.657. The molecule has 0 saturated heterocycles. The van der Waals surface area contributed by atoms with Crippen molar-refractivity contribution in [1.82, 2.24) is 14.5 Å². The number of benzene rings is 2. The maximum absolute atomic E-state index is 6.37. The molecular weight excluding hydrogens is 331 g/mol. The van der Waals surface area contributed by atoms with Gasteiger partial charge in [0, 0.05) is 17.5 Å². The number of rotatable bonds is 2. The van der Waals surface area contributed by atoms with Crippen molar-refractivity contribution in [2.45, 2.75) is 0 Å². The van der Waals surface area contributed by atoms with Crippen molar-refractivity contribution in [3.8, 4) is 5.69 Å². The maximum atomic E-state index is 6.37. The molecule has 6 heteroatoms. The summed E-state index contributed by atoms with van der Waals surface area (Å²) in [7, 11) is 1.83. The molecule has 4 rings (SSSR count). The van der Waals surface area contributed by atoms with Gasteiger partial charge in [0.25, 0.3) is 0 Å². The molecule has 0 fully saturated rings. The van der Waals surface area contributed by atoms with Crippen LogP contribution in [0.4, 0.5) is 5.82 Å². The van der Waals surface area contributed by atoms with Crippen LogP contribution < -0.4 is 5.32 Å². The van der Waals surface area contributed by atoms with Crippen LogP contribution in [0.25, 0.3) is 27.6 Å². The zero-order chi connectivity index (χ0) is 16.0. The average molecular weight is 343 g/mol. The monoisotopic (exact) mass is 342 g/mol. The van der Waals surface area contributed by atoms with E-state index in [1.807, 2.05) is 54.1 Å². The quantitative estimate of drug-likeness (QED) is 0.562. The molecule has 23 heavy (non-hydrogen) atoms. The average Bonchev–Trinajstić information content (AvgIpc) is 3.00. The molecule has 0 spiro atoms. The van der Waals surface area contributed by atoms with E-state index in [2.05, 4.69) is 15.3 Å². The molecule has 0 saturated carbocycles. The Balaban J connectivity index is 2.19. The smallest absolute Gasteiger partial charge is 0.154 e. The van der Waals surface area contributed by atoms with Crippen LogP contribution in [0.3, 0.4) is 0 Å². The molecule has 1 N–H and O–H groups in total. The summed E-state index contributed by atoms with van der Waals surface area (Å²) in [5, 5.41) is 5.35. The van der Waals surface area contributed by atoms with Crippen molar-refractivity contribution in [1.29, 1.82) is 0 Å². The summed E-state index contributed by atoms with van der Waals surface area (Å²) in [4.78, 5) is 9.14. The zero-order valence-electron chi connectivity index (χ0n) is 12.2. The van der Waals surface area contributed by atoms with Gasteiger partial charge in [0.1, 0.15) is 11.8 Å². The molecule has 0 bridgehead atoms. The molecule has 0 atom stereocenters. The fourth-order valence-electron chi connectivity index (χ4n) is 2.75. The van der Waals surface area contributed by atoms with Gasteiger partial charge in [0.05, 0.1) is 21.7 Å². The summed E-state index contributed by atoms with van der Waals surface area (Å²) < 4.78 is 1.97. The molecule has 114 valence electrons. The van der Waals surface area contributed by atoms with Gasteiger partial charge in [-0.15, -0.1) is 0 Å². The van der Waals surface area contributed by atoms with Gasteiger partial charge in [-0.05, 0) is 30.3 Å². The Morgan fingerprint density at radius 1 is 1.09 bits per heavy atom. The number of halogens is 2. The molecule has 0 unspecified atom stereocenters. The third kappa shape index (κ3) is 2.22. The highest BCUT2D eigenvalue weighted by Crippen LogP contribution is 2.33. The molecule has 4 nitrogen and oxygen atoms in total. The number of para-hydroxylation sites is 1. The van der Waals surface area contributed by atoms with E-state index in [1.54, 1.807) is 6.33 Å². The molecule has 2 aromatic heterocycles. The largest absolute Gasteiger partial charge is 0.371 e. The Hall–Kier alpha value is -2.30. The molecule has 0 radical (unpaired) electrons. The maximum Gasteiger partial charge on any atom is 0.154 e. The topological polar surface area (TPSA) is 42.7 Å². The number of anilines is 1. The Morgan fingerprint density at radius 2 is 1.91 bits per heavy atom. The van der Waals surface area contributed by atoms with Gasteiger partial charge in [0.15, 0.2) is 5.82 Å². The first-order valence-corrected chi connectivity index (χ1v) is 7.83. The summed E-state index contributed by atoms with van der Waals surface area (Å²) in [6.07, 6.45) is 1.76. The SMILES string of the molecule is CNc1nc2ccc(Cl)cc2c2c1ncn2-c1ccccc1Cl.